The van der Waals surface area contributed by atoms with Gasteiger partial charge in [-0.2, -0.15) is 0 Å². The van der Waals surface area contributed by atoms with Gasteiger partial charge in [0, 0.05) is 12.1 Å². The van der Waals surface area contributed by atoms with Gasteiger partial charge in [-0.15, -0.1) is 0 Å². The number of aliphatic hydroxyl groups is 1. The molecule has 1 fully saturated rings. The van der Waals surface area contributed by atoms with E-state index in [1.807, 2.05) is 98.8 Å². The van der Waals surface area contributed by atoms with E-state index in [0.717, 1.165) is 16.3 Å². The van der Waals surface area contributed by atoms with Crippen LogP contribution in [0.3, 0.4) is 0 Å². The van der Waals surface area contributed by atoms with Gasteiger partial charge in [0.2, 0.25) is 0 Å². The molecule has 0 aromatic heterocycles. The molecule has 1 aliphatic heterocycles. The van der Waals surface area contributed by atoms with Crippen LogP contribution < -0.4 is 9.47 Å². The molecule has 1 unspecified atom stereocenters. The van der Waals surface area contributed by atoms with Gasteiger partial charge in [0.25, 0.3) is 11.7 Å². The van der Waals surface area contributed by atoms with Crippen LogP contribution in [0, 0.1) is 0 Å². The molecule has 6 nitrogen and oxygen atoms in total. The molecule has 0 aliphatic carbocycles. The molecule has 1 amide bonds. The first-order valence-electron chi connectivity index (χ1n) is 12.5. The number of carbonyl (C=O) groups is 2. The first-order valence-corrected chi connectivity index (χ1v) is 12.5. The lowest BCUT2D eigenvalue weighted by molar-refractivity contribution is -0.140. The number of ether oxygens (including phenoxy) is 2. The Bertz CT molecular complexity index is 1510. The van der Waals surface area contributed by atoms with E-state index in [0.29, 0.717) is 22.6 Å². The average Bonchev–Trinajstić information content (AvgIpc) is 3.18. The Morgan fingerprint density at radius 3 is 2.21 bits per heavy atom. The summed E-state index contributed by atoms with van der Waals surface area (Å²) in [6, 6.07) is 27.1. The fourth-order valence-electron chi connectivity index (χ4n) is 4.90. The van der Waals surface area contributed by atoms with Gasteiger partial charge in [0.05, 0.1) is 24.8 Å². The van der Waals surface area contributed by atoms with Crippen LogP contribution in [0.1, 0.15) is 36.6 Å². The van der Waals surface area contributed by atoms with E-state index in [1.165, 1.54) is 4.90 Å². The summed E-state index contributed by atoms with van der Waals surface area (Å²) in [5.41, 5.74) is 2.12. The number of benzene rings is 4. The van der Waals surface area contributed by atoms with Crippen molar-refractivity contribution in [3.8, 4) is 11.5 Å². The van der Waals surface area contributed by atoms with Crippen molar-refractivity contribution in [3.05, 3.63) is 113 Å². The smallest absolute Gasteiger partial charge is 0.295 e. The van der Waals surface area contributed by atoms with Gasteiger partial charge >= 0.3 is 0 Å². The normalized spacial score (nSPS) is 16.8. The molecule has 1 heterocycles. The Morgan fingerprint density at radius 1 is 0.868 bits per heavy atom. The van der Waals surface area contributed by atoms with Crippen molar-refractivity contribution in [2.45, 2.75) is 32.5 Å². The topological polar surface area (TPSA) is 76.1 Å². The molecular formula is C32H29NO5. The molecule has 4 aromatic carbocycles. The van der Waals surface area contributed by atoms with Gasteiger partial charge in [-0.3, -0.25) is 9.59 Å². The number of hydrogen-bond donors (Lipinski definition) is 1. The lowest BCUT2D eigenvalue weighted by atomic mass is 9.93. The molecule has 0 bridgehead atoms. The van der Waals surface area contributed by atoms with Crippen LogP contribution in [-0.4, -0.2) is 34.9 Å². The zero-order chi connectivity index (χ0) is 26.8. The second kappa shape index (κ2) is 10.4. The van der Waals surface area contributed by atoms with Crippen molar-refractivity contribution in [3.63, 3.8) is 0 Å². The van der Waals surface area contributed by atoms with Gasteiger partial charge in [-0.25, -0.2) is 0 Å². The maximum absolute atomic E-state index is 13.5. The Morgan fingerprint density at radius 2 is 1.53 bits per heavy atom. The summed E-state index contributed by atoms with van der Waals surface area (Å²) < 4.78 is 11.0. The molecule has 4 aromatic rings. The number of ketones is 1. The van der Waals surface area contributed by atoms with Crippen molar-refractivity contribution in [1.29, 1.82) is 0 Å². The number of aliphatic hydroxyl groups excluding tert-OH is 1. The largest absolute Gasteiger partial charge is 0.507 e. The summed E-state index contributed by atoms with van der Waals surface area (Å²) in [7, 11) is 1.59. The van der Waals surface area contributed by atoms with E-state index in [-0.39, 0.29) is 24.0 Å². The second-order valence-corrected chi connectivity index (χ2v) is 9.54. The summed E-state index contributed by atoms with van der Waals surface area (Å²) in [6.07, 6.45) is 0.00733. The van der Waals surface area contributed by atoms with E-state index in [2.05, 4.69) is 0 Å². The number of Topliss-reactive ketones (excluding diaryl/α,β-unsaturated/α-hetero) is 1. The monoisotopic (exact) mass is 507 g/mol. The molecular weight excluding hydrogens is 478 g/mol. The molecule has 1 N–H and O–H groups in total. The fraction of sp³-hybridized carbons (Fsp3) is 0.188. The van der Waals surface area contributed by atoms with Gasteiger partial charge in [0.15, 0.2) is 0 Å². The molecule has 1 atom stereocenters. The van der Waals surface area contributed by atoms with Crippen LogP contribution in [-0.2, 0) is 16.1 Å². The lowest BCUT2D eigenvalue weighted by Gasteiger charge is -2.26. The average molecular weight is 508 g/mol. The highest BCUT2D eigenvalue weighted by atomic mass is 16.5. The number of amides is 1. The minimum atomic E-state index is -0.774. The SMILES string of the molecule is COc1ccc(CN2C(=O)C(=O)/C(=C(\O)c3cccc4ccccc34)C2c2ccc(OC(C)C)cc2)cc1. The Hall–Kier alpha value is -4.58. The van der Waals surface area contributed by atoms with Gasteiger partial charge in [0.1, 0.15) is 17.3 Å². The third-order valence-corrected chi connectivity index (χ3v) is 6.66. The predicted molar refractivity (Wildman–Crippen MR) is 147 cm³/mol. The lowest BCUT2D eigenvalue weighted by Crippen LogP contribution is -2.29. The van der Waals surface area contributed by atoms with Gasteiger partial charge in [-0.1, -0.05) is 66.7 Å². The zero-order valence-corrected chi connectivity index (χ0v) is 21.5. The minimum absolute atomic E-state index is 0.00733. The van der Waals surface area contributed by atoms with Crippen molar-refractivity contribution < 1.29 is 24.2 Å². The van der Waals surface area contributed by atoms with Crippen molar-refractivity contribution in [1.82, 2.24) is 4.90 Å². The van der Waals surface area contributed by atoms with Crippen molar-refractivity contribution in [2.75, 3.05) is 7.11 Å². The highest BCUT2D eigenvalue weighted by Gasteiger charge is 2.46. The van der Waals surface area contributed by atoms with Crippen molar-refractivity contribution in [2.24, 2.45) is 0 Å². The third-order valence-electron chi connectivity index (χ3n) is 6.66. The fourth-order valence-corrected chi connectivity index (χ4v) is 4.90. The summed E-state index contributed by atoms with van der Waals surface area (Å²) in [4.78, 5) is 28.4. The summed E-state index contributed by atoms with van der Waals surface area (Å²) >= 11 is 0. The van der Waals surface area contributed by atoms with Crippen LogP contribution in [0.15, 0.2) is 96.6 Å². The Balaban J connectivity index is 1.64. The van der Waals surface area contributed by atoms with E-state index in [9.17, 15) is 14.7 Å². The standard InChI is InChI=1S/C32H29NO5/c1-20(2)38-25-17-13-23(14-18-25)29-28(30(34)27-10-6-8-22-7-4-5-9-26(22)27)31(35)32(36)33(29)19-21-11-15-24(37-3)16-12-21/h4-18,20,29,34H,19H2,1-3H3/b30-28-. The van der Waals surface area contributed by atoms with E-state index < -0.39 is 17.7 Å². The van der Waals surface area contributed by atoms with Crippen LogP contribution in [0.25, 0.3) is 16.5 Å². The summed E-state index contributed by atoms with van der Waals surface area (Å²) in [5.74, 6) is -0.176. The minimum Gasteiger partial charge on any atom is -0.507 e. The number of methoxy groups -OCH3 is 1. The van der Waals surface area contributed by atoms with E-state index in [1.54, 1.807) is 13.2 Å². The molecule has 192 valence electrons. The van der Waals surface area contributed by atoms with Crippen molar-refractivity contribution >= 4 is 28.2 Å². The molecule has 1 aliphatic rings. The molecule has 1 saturated heterocycles. The summed E-state index contributed by atoms with van der Waals surface area (Å²) in [5, 5.41) is 13.3. The first-order chi connectivity index (χ1) is 18.4. The Labute approximate surface area is 221 Å². The van der Waals surface area contributed by atoms with Crippen LogP contribution >= 0.6 is 0 Å². The first kappa shape index (κ1) is 25.1. The number of likely N-dealkylation sites (tertiary alicyclic amines) is 1. The zero-order valence-electron chi connectivity index (χ0n) is 21.5. The highest BCUT2D eigenvalue weighted by molar-refractivity contribution is 6.46. The summed E-state index contributed by atoms with van der Waals surface area (Å²) in [6.45, 7) is 4.08. The predicted octanol–water partition coefficient (Wildman–Crippen LogP) is 6.26. The molecule has 6 heteroatoms. The third kappa shape index (κ3) is 4.73. The molecule has 0 radical (unpaired) electrons. The quantitative estimate of drug-likeness (QED) is 0.182. The number of nitrogens with zero attached hydrogens (tertiary/aromatic N) is 1. The number of rotatable bonds is 7. The number of hydrogen-bond acceptors (Lipinski definition) is 5. The Kier molecular flexibility index (Phi) is 6.88. The molecule has 38 heavy (non-hydrogen) atoms. The number of carbonyl (C=O) groups excluding carboxylic acids is 2. The second-order valence-electron chi connectivity index (χ2n) is 9.54. The molecule has 0 saturated carbocycles. The van der Waals surface area contributed by atoms with Gasteiger partial charge in [-0.05, 0) is 60.0 Å². The van der Waals surface area contributed by atoms with Crippen LogP contribution in [0.5, 0.6) is 11.5 Å². The molecule has 5 rings (SSSR count). The van der Waals surface area contributed by atoms with Crippen LogP contribution in [0.4, 0.5) is 0 Å². The maximum Gasteiger partial charge on any atom is 0.295 e. The van der Waals surface area contributed by atoms with E-state index >= 15 is 0 Å². The highest BCUT2D eigenvalue weighted by Crippen LogP contribution is 2.41. The van der Waals surface area contributed by atoms with Crippen LogP contribution in [0.2, 0.25) is 0 Å². The maximum atomic E-state index is 13.5. The number of fused-ring (bicyclic) bond motifs is 1. The van der Waals surface area contributed by atoms with Gasteiger partial charge < -0.3 is 19.5 Å². The van der Waals surface area contributed by atoms with E-state index in [4.69, 9.17) is 9.47 Å². The molecule has 0 spiro atoms.